The third-order valence-electron chi connectivity index (χ3n) is 2.63. The largest absolute Gasteiger partial charge is 0.478 e. The lowest BCUT2D eigenvalue weighted by atomic mass is 9.98. The standard InChI is InChI=1S/C14H9ClO4/c15-10-4-5-11(14(18)19)12(7-10)8-2-1-3-9(6-8)13(16)17/h1-7H,(H,16,17)(H,18,19). The van der Waals surface area contributed by atoms with Gasteiger partial charge >= 0.3 is 11.9 Å². The fourth-order valence-corrected chi connectivity index (χ4v) is 1.93. The highest BCUT2D eigenvalue weighted by Crippen LogP contribution is 2.27. The molecule has 19 heavy (non-hydrogen) atoms. The summed E-state index contributed by atoms with van der Waals surface area (Å²) in [6, 6.07) is 10.4. The highest BCUT2D eigenvalue weighted by molar-refractivity contribution is 6.31. The molecular weight excluding hydrogens is 268 g/mol. The molecule has 2 aromatic rings. The minimum Gasteiger partial charge on any atom is -0.478 e. The molecule has 0 unspecified atom stereocenters. The summed E-state index contributed by atoms with van der Waals surface area (Å²) in [5.41, 5.74) is 1.06. The molecule has 0 bridgehead atoms. The zero-order valence-corrected chi connectivity index (χ0v) is 10.4. The van der Waals surface area contributed by atoms with E-state index >= 15 is 0 Å². The summed E-state index contributed by atoms with van der Waals surface area (Å²) in [7, 11) is 0. The van der Waals surface area contributed by atoms with Crippen molar-refractivity contribution in [1.29, 1.82) is 0 Å². The molecule has 0 fully saturated rings. The van der Waals surface area contributed by atoms with Crippen LogP contribution in [0.25, 0.3) is 11.1 Å². The van der Waals surface area contributed by atoms with Crippen LogP contribution in [0.15, 0.2) is 42.5 Å². The summed E-state index contributed by atoms with van der Waals surface area (Å²) < 4.78 is 0. The molecule has 96 valence electrons. The van der Waals surface area contributed by atoms with Gasteiger partial charge in [0.05, 0.1) is 11.1 Å². The van der Waals surface area contributed by atoms with E-state index in [4.69, 9.17) is 21.8 Å². The summed E-state index contributed by atoms with van der Waals surface area (Å²) in [6.07, 6.45) is 0. The van der Waals surface area contributed by atoms with E-state index in [2.05, 4.69) is 0 Å². The lowest BCUT2D eigenvalue weighted by Crippen LogP contribution is -2.01. The van der Waals surface area contributed by atoms with Crippen LogP contribution in [0.4, 0.5) is 0 Å². The molecule has 0 amide bonds. The van der Waals surface area contributed by atoms with Crippen molar-refractivity contribution in [2.45, 2.75) is 0 Å². The van der Waals surface area contributed by atoms with Crippen LogP contribution in [0.5, 0.6) is 0 Å². The average Bonchev–Trinajstić information content (AvgIpc) is 2.38. The first kappa shape index (κ1) is 13.1. The van der Waals surface area contributed by atoms with Crippen molar-refractivity contribution < 1.29 is 19.8 Å². The molecule has 0 aliphatic rings. The van der Waals surface area contributed by atoms with Gasteiger partial charge in [-0.15, -0.1) is 0 Å². The summed E-state index contributed by atoms with van der Waals surface area (Å²) >= 11 is 5.86. The second kappa shape index (κ2) is 5.12. The highest BCUT2D eigenvalue weighted by atomic mass is 35.5. The van der Waals surface area contributed by atoms with Crippen molar-refractivity contribution in [3.05, 3.63) is 58.6 Å². The Balaban J connectivity index is 2.64. The average molecular weight is 277 g/mol. The second-order valence-corrected chi connectivity index (χ2v) is 4.32. The Hall–Kier alpha value is -2.33. The van der Waals surface area contributed by atoms with Crippen LogP contribution in [0.3, 0.4) is 0 Å². The summed E-state index contributed by atoms with van der Waals surface area (Å²) in [6.45, 7) is 0. The normalized spacial score (nSPS) is 10.2. The number of carboxylic acids is 2. The molecule has 0 radical (unpaired) electrons. The van der Waals surface area contributed by atoms with E-state index < -0.39 is 11.9 Å². The maximum absolute atomic E-state index is 11.2. The molecule has 0 aliphatic heterocycles. The molecule has 0 aromatic heterocycles. The number of hydrogen-bond donors (Lipinski definition) is 2. The SMILES string of the molecule is O=C(O)c1cccc(-c2cc(Cl)ccc2C(=O)O)c1. The van der Waals surface area contributed by atoms with E-state index in [1.165, 1.54) is 30.3 Å². The number of halogens is 1. The van der Waals surface area contributed by atoms with Gasteiger partial charge in [-0.3, -0.25) is 0 Å². The van der Waals surface area contributed by atoms with Gasteiger partial charge in [-0.1, -0.05) is 23.7 Å². The predicted octanol–water partition coefficient (Wildman–Crippen LogP) is 3.40. The molecule has 4 nitrogen and oxygen atoms in total. The van der Waals surface area contributed by atoms with Crippen molar-refractivity contribution in [1.82, 2.24) is 0 Å². The van der Waals surface area contributed by atoms with E-state index in [1.54, 1.807) is 12.1 Å². The van der Waals surface area contributed by atoms with Gasteiger partial charge in [0, 0.05) is 5.02 Å². The molecule has 2 N–H and O–H groups in total. The molecule has 0 saturated heterocycles. The summed E-state index contributed by atoms with van der Waals surface area (Å²) in [4.78, 5) is 22.1. The third-order valence-corrected chi connectivity index (χ3v) is 2.87. The lowest BCUT2D eigenvalue weighted by Gasteiger charge is -2.07. The van der Waals surface area contributed by atoms with Crippen LogP contribution in [-0.4, -0.2) is 22.2 Å². The van der Waals surface area contributed by atoms with Crippen molar-refractivity contribution in [2.24, 2.45) is 0 Å². The molecular formula is C14H9ClO4. The molecule has 0 atom stereocenters. The van der Waals surface area contributed by atoms with Gasteiger partial charge in [0.25, 0.3) is 0 Å². The van der Waals surface area contributed by atoms with Gasteiger partial charge in [-0.25, -0.2) is 9.59 Å². The van der Waals surface area contributed by atoms with Gasteiger partial charge in [0.1, 0.15) is 0 Å². The first-order chi connectivity index (χ1) is 8.99. The van der Waals surface area contributed by atoms with Crippen LogP contribution >= 0.6 is 11.6 Å². The Morgan fingerprint density at radius 3 is 2.32 bits per heavy atom. The van der Waals surface area contributed by atoms with Crippen LogP contribution in [0, 0.1) is 0 Å². The summed E-state index contributed by atoms with van der Waals surface area (Å²) in [5.74, 6) is -2.16. The highest BCUT2D eigenvalue weighted by Gasteiger charge is 2.13. The Labute approximate surface area is 113 Å². The van der Waals surface area contributed by atoms with E-state index in [9.17, 15) is 9.59 Å². The Kier molecular flexibility index (Phi) is 3.53. The maximum atomic E-state index is 11.2. The first-order valence-corrected chi connectivity index (χ1v) is 5.73. The molecule has 0 spiro atoms. The van der Waals surface area contributed by atoms with Crippen molar-refractivity contribution in [2.75, 3.05) is 0 Å². The predicted molar refractivity (Wildman–Crippen MR) is 70.8 cm³/mol. The smallest absolute Gasteiger partial charge is 0.336 e. The first-order valence-electron chi connectivity index (χ1n) is 5.35. The number of aromatic carboxylic acids is 2. The zero-order chi connectivity index (χ0) is 14.0. The lowest BCUT2D eigenvalue weighted by molar-refractivity contribution is 0.0687. The van der Waals surface area contributed by atoms with Gasteiger partial charge < -0.3 is 10.2 Å². The van der Waals surface area contributed by atoms with Crippen LogP contribution in [0.1, 0.15) is 20.7 Å². The van der Waals surface area contributed by atoms with Crippen molar-refractivity contribution in [3.63, 3.8) is 0 Å². The van der Waals surface area contributed by atoms with E-state index in [0.29, 0.717) is 16.1 Å². The number of hydrogen-bond acceptors (Lipinski definition) is 2. The monoisotopic (exact) mass is 276 g/mol. The minimum absolute atomic E-state index is 0.0759. The van der Waals surface area contributed by atoms with Crippen LogP contribution in [-0.2, 0) is 0 Å². The van der Waals surface area contributed by atoms with Crippen LogP contribution in [0.2, 0.25) is 5.02 Å². The van der Waals surface area contributed by atoms with Gasteiger partial charge in [-0.2, -0.15) is 0 Å². The summed E-state index contributed by atoms with van der Waals surface area (Å²) in [5, 5.41) is 18.5. The zero-order valence-electron chi connectivity index (χ0n) is 9.63. The van der Waals surface area contributed by atoms with Gasteiger partial charge in [0.2, 0.25) is 0 Å². The topological polar surface area (TPSA) is 74.6 Å². The number of carboxylic acid groups (broad SMARTS) is 2. The number of benzene rings is 2. The maximum Gasteiger partial charge on any atom is 0.336 e. The molecule has 0 heterocycles. The Morgan fingerprint density at radius 1 is 0.947 bits per heavy atom. The van der Waals surface area contributed by atoms with Gasteiger partial charge in [-0.05, 0) is 41.5 Å². The van der Waals surface area contributed by atoms with E-state index in [-0.39, 0.29) is 11.1 Å². The fourth-order valence-electron chi connectivity index (χ4n) is 1.76. The van der Waals surface area contributed by atoms with E-state index in [1.807, 2.05) is 0 Å². The van der Waals surface area contributed by atoms with Crippen LogP contribution < -0.4 is 0 Å². The molecule has 2 aromatic carbocycles. The molecule has 5 heteroatoms. The number of carbonyl (C=O) groups is 2. The molecule has 0 aliphatic carbocycles. The Morgan fingerprint density at radius 2 is 1.68 bits per heavy atom. The minimum atomic E-state index is -1.09. The second-order valence-electron chi connectivity index (χ2n) is 3.88. The Bertz CT molecular complexity index is 664. The molecule has 0 saturated carbocycles. The van der Waals surface area contributed by atoms with Gasteiger partial charge in [0.15, 0.2) is 0 Å². The number of rotatable bonds is 3. The van der Waals surface area contributed by atoms with Crippen molar-refractivity contribution in [3.8, 4) is 11.1 Å². The third kappa shape index (κ3) is 2.74. The quantitative estimate of drug-likeness (QED) is 0.901. The van der Waals surface area contributed by atoms with E-state index in [0.717, 1.165) is 0 Å². The molecule has 2 rings (SSSR count). The van der Waals surface area contributed by atoms with Crippen molar-refractivity contribution >= 4 is 23.5 Å². The fraction of sp³-hybridized carbons (Fsp3) is 0.